The zero-order valence-corrected chi connectivity index (χ0v) is 12.9. The monoisotopic (exact) mass is 316 g/mol. The average molecular weight is 317 g/mol. The maximum absolute atomic E-state index is 6.20. The van der Waals surface area contributed by atoms with E-state index < -0.39 is 0 Å². The summed E-state index contributed by atoms with van der Waals surface area (Å²) in [5, 5.41) is 2.15. The van der Waals surface area contributed by atoms with Gasteiger partial charge in [0.25, 0.3) is 0 Å². The van der Waals surface area contributed by atoms with Gasteiger partial charge in [0.05, 0.1) is 6.04 Å². The number of halogens is 1. The summed E-state index contributed by atoms with van der Waals surface area (Å²) in [7, 11) is 0. The van der Waals surface area contributed by atoms with E-state index in [1.165, 1.54) is 35.3 Å². The number of thiophene rings is 1. The molecule has 1 fully saturated rings. The van der Waals surface area contributed by atoms with Gasteiger partial charge in [-0.15, -0.1) is 11.3 Å². The summed E-state index contributed by atoms with van der Waals surface area (Å²) < 4.78 is 1.17. The van der Waals surface area contributed by atoms with E-state index in [0.717, 1.165) is 5.92 Å². The van der Waals surface area contributed by atoms with Crippen LogP contribution in [0.2, 0.25) is 0 Å². The first-order valence-corrected chi connectivity index (χ1v) is 7.98. The highest BCUT2D eigenvalue weighted by atomic mass is 79.9. The fraction of sp³-hybridized carbons (Fsp3) is 0.692. The van der Waals surface area contributed by atoms with Crippen molar-refractivity contribution in [1.29, 1.82) is 0 Å². The molecule has 17 heavy (non-hydrogen) atoms. The van der Waals surface area contributed by atoms with Crippen LogP contribution in [0.25, 0.3) is 0 Å². The van der Waals surface area contributed by atoms with Crippen molar-refractivity contribution in [3.05, 3.63) is 20.8 Å². The first-order valence-electron chi connectivity index (χ1n) is 6.31. The Labute approximate surface area is 116 Å². The highest BCUT2D eigenvalue weighted by molar-refractivity contribution is 9.10. The Hall–Kier alpha value is 0.1000. The van der Waals surface area contributed by atoms with E-state index in [2.05, 4.69) is 46.1 Å². The quantitative estimate of drug-likeness (QED) is 0.922. The third-order valence-electron chi connectivity index (χ3n) is 3.46. The number of hydrogen-bond donors (Lipinski definition) is 1. The van der Waals surface area contributed by atoms with Crippen molar-refractivity contribution >= 4 is 27.3 Å². The maximum Gasteiger partial charge on any atom is 0.0591 e. The van der Waals surface area contributed by atoms with Crippen LogP contribution in [0.3, 0.4) is 0 Å². The van der Waals surface area contributed by atoms with Crippen LogP contribution < -0.4 is 5.73 Å². The molecule has 1 aliphatic heterocycles. The van der Waals surface area contributed by atoms with E-state index in [0.29, 0.717) is 6.04 Å². The van der Waals surface area contributed by atoms with Crippen LogP contribution in [0.4, 0.5) is 0 Å². The fourth-order valence-corrected chi connectivity index (χ4v) is 4.43. The van der Waals surface area contributed by atoms with E-state index in [1.807, 2.05) is 11.3 Å². The molecule has 2 N–H and O–H groups in total. The summed E-state index contributed by atoms with van der Waals surface area (Å²) in [6.45, 7) is 6.83. The lowest BCUT2D eigenvalue weighted by atomic mass is 9.96. The first-order chi connectivity index (χ1) is 8.08. The van der Waals surface area contributed by atoms with Gasteiger partial charge in [0.1, 0.15) is 0 Å². The number of piperidine rings is 1. The van der Waals surface area contributed by atoms with Crippen LogP contribution in [0.15, 0.2) is 15.9 Å². The summed E-state index contributed by atoms with van der Waals surface area (Å²) in [6, 6.07) is 2.79. The molecule has 0 spiro atoms. The van der Waals surface area contributed by atoms with Gasteiger partial charge in [-0.25, -0.2) is 0 Å². The van der Waals surface area contributed by atoms with Crippen LogP contribution >= 0.6 is 27.3 Å². The fourth-order valence-electron chi connectivity index (χ4n) is 2.73. The molecule has 1 saturated heterocycles. The molecule has 0 aliphatic carbocycles. The van der Waals surface area contributed by atoms with Gasteiger partial charge in [0.15, 0.2) is 0 Å². The Morgan fingerprint density at radius 1 is 1.59 bits per heavy atom. The largest absolute Gasteiger partial charge is 0.326 e. The summed E-state index contributed by atoms with van der Waals surface area (Å²) in [5.41, 5.74) is 6.20. The second-order valence-corrected chi connectivity index (χ2v) is 7.07. The van der Waals surface area contributed by atoms with Gasteiger partial charge < -0.3 is 5.73 Å². The molecule has 0 radical (unpaired) electrons. The highest BCUT2D eigenvalue weighted by Gasteiger charge is 2.28. The van der Waals surface area contributed by atoms with Gasteiger partial charge in [-0.2, -0.15) is 0 Å². The number of nitrogens with zero attached hydrogens (tertiary/aromatic N) is 1. The van der Waals surface area contributed by atoms with E-state index in [-0.39, 0.29) is 6.04 Å². The van der Waals surface area contributed by atoms with Gasteiger partial charge in [0, 0.05) is 27.3 Å². The molecule has 0 aromatic carbocycles. The molecule has 0 bridgehead atoms. The van der Waals surface area contributed by atoms with Gasteiger partial charge in [0.2, 0.25) is 0 Å². The van der Waals surface area contributed by atoms with Crippen LogP contribution in [-0.4, -0.2) is 24.0 Å². The van der Waals surface area contributed by atoms with E-state index in [1.54, 1.807) is 0 Å². The normalized spacial score (nSPS) is 25.8. The number of nitrogens with two attached hydrogens (primary N) is 1. The van der Waals surface area contributed by atoms with Crippen molar-refractivity contribution in [2.45, 2.75) is 38.8 Å². The summed E-state index contributed by atoms with van der Waals surface area (Å²) >= 11 is 5.35. The third kappa shape index (κ3) is 3.31. The molecular formula is C13H21BrN2S. The van der Waals surface area contributed by atoms with Crippen LogP contribution in [0, 0.1) is 5.92 Å². The Morgan fingerprint density at radius 3 is 2.88 bits per heavy atom. The molecule has 1 aliphatic rings. The smallest absolute Gasteiger partial charge is 0.0591 e. The van der Waals surface area contributed by atoms with Crippen LogP contribution in [-0.2, 0) is 0 Å². The lowest BCUT2D eigenvalue weighted by Gasteiger charge is -2.38. The van der Waals surface area contributed by atoms with Crippen molar-refractivity contribution < 1.29 is 0 Å². The SMILES string of the molecule is CC1CCCN(C(c2cc(Br)cs2)C(C)N)C1. The molecule has 2 heterocycles. The van der Waals surface area contributed by atoms with E-state index in [9.17, 15) is 0 Å². The second kappa shape index (κ2) is 5.83. The minimum Gasteiger partial charge on any atom is -0.326 e. The van der Waals surface area contributed by atoms with Crippen LogP contribution in [0.5, 0.6) is 0 Å². The molecular weight excluding hydrogens is 296 g/mol. The first kappa shape index (κ1) is 13.5. The zero-order valence-electron chi connectivity index (χ0n) is 10.5. The molecule has 4 heteroatoms. The van der Waals surface area contributed by atoms with Crippen molar-refractivity contribution in [2.75, 3.05) is 13.1 Å². The number of likely N-dealkylation sites (tertiary alicyclic amines) is 1. The van der Waals surface area contributed by atoms with E-state index >= 15 is 0 Å². The molecule has 3 atom stereocenters. The zero-order chi connectivity index (χ0) is 12.4. The molecule has 2 rings (SSSR count). The minimum absolute atomic E-state index is 0.186. The van der Waals surface area contributed by atoms with Crippen molar-refractivity contribution in [3.8, 4) is 0 Å². The number of rotatable bonds is 3. The van der Waals surface area contributed by atoms with E-state index in [4.69, 9.17) is 5.73 Å². The Bertz CT molecular complexity index is 364. The third-order valence-corrected chi connectivity index (χ3v) is 5.22. The second-order valence-electron chi connectivity index (χ2n) is 5.21. The predicted molar refractivity (Wildman–Crippen MR) is 78.4 cm³/mol. The summed E-state index contributed by atoms with van der Waals surface area (Å²) in [5.74, 6) is 0.799. The van der Waals surface area contributed by atoms with Gasteiger partial charge in [-0.3, -0.25) is 4.90 Å². The minimum atomic E-state index is 0.186. The molecule has 0 amide bonds. The molecule has 3 unspecified atom stereocenters. The molecule has 2 nitrogen and oxygen atoms in total. The predicted octanol–water partition coefficient (Wildman–Crippen LogP) is 3.63. The topological polar surface area (TPSA) is 29.3 Å². The van der Waals surface area contributed by atoms with Crippen molar-refractivity contribution in [2.24, 2.45) is 11.7 Å². The van der Waals surface area contributed by atoms with Crippen LogP contribution in [0.1, 0.15) is 37.6 Å². The Kier molecular flexibility index (Phi) is 4.64. The lowest BCUT2D eigenvalue weighted by molar-refractivity contribution is 0.118. The maximum atomic E-state index is 6.20. The van der Waals surface area contributed by atoms with Crippen molar-refractivity contribution in [1.82, 2.24) is 4.90 Å². The summed E-state index contributed by atoms with van der Waals surface area (Å²) in [6.07, 6.45) is 2.66. The Balaban J connectivity index is 2.17. The van der Waals surface area contributed by atoms with Gasteiger partial charge in [-0.1, -0.05) is 6.92 Å². The van der Waals surface area contributed by atoms with Gasteiger partial charge >= 0.3 is 0 Å². The lowest BCUT2D eigenvalue weighted by Crippen LogP contribution is -2.43. The molecule has 1 aromatic rings. The van der Waals surface area contributed by atoms with Crippen molar-refractivity contribution in [3.63, 3.8) is 0 Å². The number of hydrogen-bond acceptors (Lipinski definition) is 3. The highest BCUT2D eigenvalue weighted by Crippen LogP contribution is 2.33. The molecule has 96 valence electrons. The molecule has 0 saturated carbocycles. The van der Waals surface area contributed by atoms with Gasteiger partial charge in [-0.05, 0) is 54.2 Å². The summed E-state index contributed by atoms with van der Waals surface area (Å²) in [4.78, 5) is 3.96. The molecule has 1 aromatic heterocycles. The standard InChI is InChI=1S/C13H21BrN2S/c1-9-4-3-5-16(7-9)13(10(2)15)12-6-11(14)8-17-12/h6,8-10,13H,3-5,7,15H2,1-2H3. The Morgan fingerprint density at radius 2 is 2.35 bits per heavy atom. The average Bonchev–Trinajstić information content (AvgIpc) is 2.64.